The second kappa shape index (κ2) is 12.6. The summed E-state index contributed by atoms with van der Waals surface area (Å²) in [7, 11) is 0. The van der Waals surface area contributed by atoms with Gasteiger partial charge in [-0.05, 0) is 49.8 Å². The van der Waals surface area contributed by atoms with Crippen molar-refractivity contribution in [3.63, 3.8) is 0 Å². The lowest BCUT2D eigenvalue weighted by Gasteiger charge is -2.38. The molecule has 1 saturated carbocycles. The average Bonchev–Trinajstić information content (AvgIpc) is 3.64. The zero-order chi connectivity index (χ0) is 26.4. The van der Waals surface area contributed by atoms with Gasteiger partial charge in [0.05, 0.1) is 17.9 Å². The molecule has 1 aliphatic carbocycles. The van der Waals surface area contributed by atoms with E-state index in [1.165, 1.54) is 17.8 Å². The van der Waals surface area contributed by atoms with Gasteiger partial charge in [0.2, 0.25) is 5.91 Å². The predicted octanol–water partition coefficient (Wildman–Crippen LogP) is 3.55. The standard InChI is InChI=1S/C26H32FN5O4S/c1-17(33)37-23-11-13-31(25(26(35)18-9-10-18)21-6-2-3-7-22(21)27)16-19(23)14-20-15-28-30-32(20)12-5-4-8-24(34)29-36/h2-3,6-7,14-15,18,23,25,36H,4-5,8-13,16H2,1H3,(H,29,34). The number of halogens is 1. The number of ketones is 1. The predicted molar refractivity (Wildman–Crippen MR) is 137 cm³/mol. The van der Waals surface area contributed by atoms with E-state index < -0.39 is 11.9 Å². The highest BCUT2D eigenvalue weighted by molar-refractivity contribution is 8.14. The number of hydrogen-bond donors (Lipinski definition) is 2. The molecule has 1 aliphatic heterocycles. The molecule has 37 heavy (non-hydrogen) atoms. The Morgan fingerprint density at radius 1 is 1.24 bits per heavy atom. The Morgan fingerprint density at radius 2 is 2.03 bits per heavy atom. The quantitative estimate of drug-likeness (QED) is 0.258. The summed E-state index contributed by atoms with van der Waals surface area (Å²) in [6.07, 6.45) is 7.39. The van der Waals surface area contributed by atoms with Gasteiger partial charge in [0.25, 0.3) is 0 Å². The van der Waals surface area contributed by atoms with Crippen molar-refractivity contribution < 1.29 is 24.0 Å². The van der Waals surface area contributed by atoms with Crippen LogP contribution in [0.2, 0.25) is 0 Å². The molecule has 1 saturated heterocycles. The lowest BCUT2D eigenvalue weighted by molar-refractivity contribution is -0.129. The SMILES string of the molecule is CC(=O)SC1CCN(C(C(=O)C2CC2)c2ccccc2F)CC1=Cc1cnnn1CCCCC(=O)NO. The first-order chi connectivity index (χ1) is 17.9. The van der Waals surface area contributed by atoms with Crippen molar-refractivity contribution in [3.05, 3.63) is 53.1 Å². The van der Waals surface area contributed by atoms with Crippen LogP contribution in [0, 0.1) is 11.7 Å². The third-order valence-corrected chi connectivity index (χ3v) is 7.88. The zero-order valence-corrected chi connectivity index (χ0v) is 21.6. The molecule has 0 radical (unpaired) electrons. The van der Waals surface area contributed by atoms with Gasteiger partial charge in [-0.3, -0.25) is 24.5 Å². The second-order valence-electron chi connectivity index (χ2n) is 9.55. The highest BCUT2D eigenvalue weighted by atomic mass is 32.2. The minimum Gasteiger partial charge on any atom is -0.297 e. The number of likely N-dealkylation sites (tertiary alicyclic amines) is 1. The number of rotatable bonds is 11. The number of hydrogen-bond acceptors (Lipinski definition) is 8. The first-order valence-corrected chi connectivity index (χ1v) is 13.5. The van der Waals surface area contributed by atoms with Crippen molar-refractivity contribution in [3.8, 4) is 0 Å². The number of piperidine rings is 1. The molecule has 2 aliphatic rings. The molecule has 2 heterocycles. The van der Waals surface area contributed by atoms with E-state index in [0.717, 1.165) is 24.1 Å². The van der Waals surface area contributed by atoms with Crippen LogP contribution >= 0.6 is 11.8 Å². The number of benzene rings is 1. The minimum atomic E-state index is -0.666. The Kier molecular flexibility index (Phi) is 9.23. The maximum Gasteiger partial charge on any atom is 0.243 e. The van der Waals surface area contributed by atoms with Gasteiger partial charge in [0.15, 0.2) is 10.9 Å². The fraction of sp³-hybridized carbons (Fsp3) is 0.500. The van der Waals surface area contributed by atoms with E-state index in [1.807, 2.05) is 11.0 Å². The fourth-order valence-corrected chi connectivity index (χ4v) is 5.66. The summed E-state index contributed by atoms with van der Waals surface area (Å²) in [5.41, 5.74) is 3.74. The maximum atomic E-state index is 14.9. The fourth-order valence-electron chi connectivity index (χ4n) is 4.74. The number of carbonyl (C=O) groups excluding carboxylic acids is 3. The van der Waals surface area contributed by atoms with E-state index in [9.17, 15) is 18.8 Å². The first kappa shape index (κ1) is 27.2. The van der Waals surface area contributed by atoms with Crippen molar-refractivity contribution in [1.82, 2.24) is 25.4 Å². The third kappa shape index (κ3) is 7.12. The second-order valence-corrected chi connectivity index (χ2v) is 10.9. The van der Waals surface area contributed by atoms with Gasteiger partial charge in [-0.15, -0.1) is 5.10 Å². The largest absolute Gasteiger partial charge is 0.297 e. The van der Waals surface area contributed by atoms with Gasteiger partial charge in [-0.1, -0.05) is 35.2 Å². The Bertz CT molecular complexity index is 1170. The Balaban J connectivity index is 1.57. The van der Waals surface area contributed by atoms with Crippen LogP contribution in [0.25, 0.3) is 6.08 Å². The lowest BCUT2D eigenvalue weighted by atomic mass is 9.93. The van der Waals surface area contributed by atoms with E-state index >= 15 is 0 Å². The van der Waals surface area contributed by atoms with Gasteiger partial charge in [-0.2, -0.15) is 0 Å². The number of unbranched alkanes of at least 4 members (excludes halogenated alkanes) is 1. The molecule has 2 atom stereocenters. The smallest absolute Gasteiger partial charge is 0.243 e. The van der Waals surface area contributed by atoms with Gasteiger partial charge >= 0.3 is 0 Å². The van der Waals surface area contributed by atoms with Gasteiger partial charge < -0.3 is 0 Å². The molecule has 0 bridgehead atoms. The van der Waals surface area contributed by atoms with Crippen molar-refractivity contribution in [2.24, 2.45) is 5.92 Å². The van der Waals surface area contributed by atoms with Crippen molar-refractivity contribution in [2.45, 2.75) is 63.3 Å². The van der Waals surface area contributed by atoms with E-state index in [4.69, 9.17) is 5.21 Å². The molecule has 11 heteroatoms. The molecular weight excluding hydrogens is 497 g/mol. The molecule has 0 spiro atoms. The number of Topliss-reactive ketones (excluding diaryl/α,β-unsaturated/α-hetero) is 1. The molecular formula is C26H32FN5O4S. The zero-order valence-electron chi connectivity index (χ0n) is 20.8. The number of aromatic nitrogens is 3. The molecule has 4 rings (SSSR count). The van der Waals surface area contributed by atoms with Crippen molar-refractivity contribution >= 4 is 34.6 Å². The first-order valence-electron chi connectivity index (χ1n) is 12.6. The Labute approximate surface area is 219 Å². The summed E-state index contributed by atoms with van der Waals surface area (Å²) in [6, 6.07) is 5.81. The number of hydroxylamine groups is 1. The number of nitrogens with zero attached hydrogens (tertiary/aromatic N) is 4. The summed E-state index contributed by atoms with van der Waals surface area (Å²) in [6.45, 7) is 3.07. The van der Waals surface area contributed by atoms with Crippen LogP contribution in [-0.4, -0.2) is 60.2 Å². The van der Waals surface area contributed by atoms with Gasteiger partial charge in [0, 0.05) is 49.7 Å². The van der Waals surface area contributed by atoms with Crippen LogP contribution in [0.4, 0.5) is 4.39 Å². The van der Waals surface area contributed by atoms with Crippen LogP contribution in [-0.2, 0) is 20.9 Å². The minimum absolute atomic E-state index is 0.0119. The molecule has 9 nitrogen and oxygen atoms in total. The van der Waals surface area contributed by atoms with Crippen molar-refractivity contribution in [1.29, 1.82) is 0 Å². The summed E-state index contributed by atoms with van der Waals surface area (Å²) < 4.78 is 16.6. The summed E-state index contributed by atoms with van der Waals surface area (Å²) in [5.74, 6) is -0.789. The summed E-state index contributed by atoms with van der Waals surface area (Å²) in [5, 5.41) is 16.8. The highest BCUT2D eigenvalue weighted by Crippen LogP contribution is 2.40. The van der Waals surface area contributed by atoms with Crippen LogP contribution in [0.15, 0.2) is 36.0 Å². The van der Waals surface area contributed by atoms with Crippen LogP contribution in [0.5, 0.6) is 0 Å². The van der Waals surface area contributed by atoms with E-state index in [2.05, 4.69) is 10.3 Å². The molecule has 2 N–H and O–H groups in total. The number of thioether (sulfide) groups is 1. The van der Waals surface area contributed by atoms with Crippen molar-refractivity contribution in [2.75, 3.05) is 13.1 Å². The van der Waals surface area contributed by atoms with E-state index in [1.54, 1.807) is 41.5 Å². The molecule has 2 unspecified atom stereocenters. The summed E-state index contributed by atoms with van der Waals surface area (Å²) in [4.78, 5) is 38.6. The molecule has 1 aromatic carbocycles. The number of amides is 1. The molecule has 2 fully saturated rings. The average molecular weight is 530 g/mol. The van der Waals surface area contributed by atoms with Crippen LogP contribution in [0.1, 0.15) is 62.7 Å². The molecule has 198 valence electrons. The van der Waals surface area contributed by atoms with E-state index in [-0.39, 0.29) is 34.3 Å². The number of carbonyl (C=O) groups is 3. The van der Waals surface area contributed by atoms with E-state index in [0.29, 0.717) is 44.5 Å². The Hall–Kier alpha value is -2.89. The summed E-state index contributed by atoms with van der Waals surface area (Å²) >= 11 is 1.27. The topological polar surface area (TPSA) is 117 Å². The maximum absolute atomic E-state index is 14.9. The molecule has 2 aromatic rings. The number of nitrogens with one attached hydrogen (secondary N) is 1. The molecule has 1 aromatic heterocycles. The molecule has 1 amide bonds. The van der Waals surface area contributed by atoms with Crippen LogP contribution < -0.4 is 5.48 Å². The highest BCUT2D eigenvalue weighted by Gasteiger charge is 2.41. The lowest BCUT2D eigenvalue weighted by Crippen LogP contribution is -2.43. The normalized spacial score (nSPS) is 20.1. The van der Waals surface area contributed by atoms with Gasteiger partial charge in [0.1, 0.15) is 5.82 Å². The number of aryl methyl sites for hydroxylation is 1. The Morgan fingerprint density at radius 3 is 2.73 bits per heavy atom. The monoisotopic (exact) mass is 529 g/mol. The third-order valence-electron chi connectivity index (χ3n) is 6.73. The van der Waals surface area contributed by atoms with Crippen LogP contribution in [0.3, 0.4) is 0 Å². The van der Waals surface area contributed by atoms with Gasteiger partial charge in [-0.25, -0.2) is 14.6 Å².